The lowest BCUT2D eigenvalue weighted by Crippen LogP contribution is -2.55. The molecular formula is C28H39N3O5S. The molecule has 202 valence electrons. The van der Waals surface area contributed by atoms with Crippen LogP contribution in [0.5, 0.6) is 0 Å². The first kappa shape index (κ1) is 27.5. The van der Waals surface area contributed by atoms with Crippen LogP contribution in [0.1, 0.15) is 46.5 Å². The number of amides is 2. The molecule has 0 saturated carbocycles. The van der Waals surface area contributed by atoms with Crippen molar-refractivity contribution in [3.63, 3.8) is 0 Å². The van der Waals surface area contributed by atoms with Crippen LogP contribution in [0, 0.1) is 11.8 Å². The molecular weight excluding hydrogens is 490 g/mol. The number of hydrogen-bond donors (Lipinski definition) is 2. The van der Waals surface area contributed by atoms with Gasteiger partial charge in [-0.15, -0.1) is 18.3 Å². The molecule has 3 aliphatic heterocycles. The Hall–Kier alpha value is -2.52. The smallest absolute Gasteiger partial charge is 0.308 e. The molecule has 9 heteroatoms. The first-order valence-corrected chi connectivity index (χ1v) is 14.1. The number of thioether (sulfide) groups is 1. The Morgan fingerprint density at radius 1 is 1.16 bits per heavy atom. The lowest BCUT2D eigenvalue weighted by molar-refractivity contribution is -0.150. The average Bonchev–Trinajstić information content (AvgIpc) is 3.44. The normalized spacial score (nSPS) is 29.9. The van der Waals surface area contributed by atoms with Crippen LogP contribution in [0.15, 0.2) is 36.9 Å². The van der Waals surface area contributed by atoms with Crippen LogP contribution in [-0.4, -0.2) is 81.2 Å². The van der Waals surface area contributed by atoms with Gasteiger partial charge in [0.05, 0.1) is 16.6 Å². The fourth-order valence-electron chi connectivity index (χ4n) is 6.75. The summed E-state index contributed by atoms with van der Waals surface area (Å²) in [5.41, 5.74) is 1.80. The zero-order valence-corrected chi connectivity index (χ0v) is 22.9. The van der Waals surface area contributed by atoms with Crippen LogP contribution in [0.2, 0.25) is 0 Å². The highest BCUT2D eigenvalue weighted by molar-refractivity contribution is 8.02. The van der Waals surface area contributed by atoms with Crippen molar-refractivity contribution in [2.24, 2.45) is 11.8 Å². The molecule has 0 aliphatic carbocycles. The molecule has 2 bridgehead atoms. The monoisotopic (exact) mass is 529 g/mol. The number of aliphatic hydroxyl groups is 1. The Morgan fingerprint density at radius 3 is 2.38 bits per heavy atom. The summed E-state index contributed by atoms with van der Waals surface area (Å²) >= 11 is 1.54. The number of carboxylic acid groups (broad SMARTS) is 1. The van der Waals surface area contributed by atoms with Gasteiger partial charge in [0.15, 0.2) is 0 Å². The van der Waals surface area contributed by atoms with Crippen LogP contribution in [0.3, 0.4) is 0 Å². The van der Waals surface area contributed by atoms with E-state index in [0.717, 1.165) is 24.5 Å². The minimum absolute atomic E-state index is 0.00125. The summed E-state index contributed by atoms with van der Waals surface area (Å²) in [7, 11) is 0. The van der Waals surface area contributed by atoms with E-state index in [1.807, 2.05) is 31.2 Å². The van der Waals surface area contributed by atoms with Gasteiger partial charge in [-0.1, -0.05) is 6.08 Å². The number of fused-ring (bicyclic) bond motifs is 1. The van der Waals surface area contributed by atoms with Gasteiger partial charge >= 0.3 is 5.97 Å². The van der Waals surface area contributed by atoms with E-state index >= 15 is 0 Å². The second kappa shape index (κ2) is 10.7. The van der Waals surface area contributed by atoms with Gasteiger partial charge < -0.3 is 24.9 Å². The molecule has 0 radical (unpaired) electrons. The van der Waals surface area contributed by atoms with Crippen LogP contribution in [-0.2, 0) is 14.4 Å². The molecule has 1 spiro atoms. The van der Waals surface area contributed by atoms with Gasteiger partial charge in [-0.05, 0) is 70.7 Å². The molecule has 1 aromatic rings. The van der Waals surface area contributed by atoms with Crippen molar-refractivity contribution in [3.05, 3.63) is 36.9 Å². The van der Waals surface area contributed by atoms with E-state index in [1.54, 1.807) is 27.6 Å². The van der Waals surface area contributed by atoms with Crippen molar-refractivity contribution in [1.29, 1.82) is 0 Å². The number of nitrogens with zero attached hydrogens (tertiary/aromatic N) is 3. The topological polar surface area (TPSA) is 101 Å². The van der Waals surface area contributed by atoms with E-state index in [4.69, 9.17) is 0 Å². The summed E-state index contributed by atoms with van der Waals surface area (Å²) < 4.78 is -1.34. The molecule has 3 heterocycles. The van der Waals surface area contributed by atoms with Gasteiger partial charge in [0.2, 0.25) is 5.91 Å². The van der Waals surface area contributed by atoms with Gasteiger partial charge in [-0.2, -0.15) is 0 Å². The van der Waals surface area contributed by atoms with Gasteiger partial charge in [-0.3, -0.25) is 14.4 Å². The van der Waals surface area contributed by atoms with Crippen LogP contribution in [0.4, 0.5) is 11.4 Å². The lowest BCUT2D eigenvalue weighted by atomic mass is 9.66. The number of likely N-dealkylation sites (tertiary alicyclic amines) is 1. The number of carboxylic acids is 1. The zero-order valence-electron chi connectivity index (χ0n) is 22.1. The number of benzene rings is 1. The molecule has 5 atom stereocenters. The van der Waals surface area contributed by atoms with Gasteiger partial charge in [0.1, 0.15) is 6.04 Å². The molecule has 3 aliphatic rings. The van der Waals surface area contributed by atoms with E-state index in [2.05, 4.69) is 25.3 Å². The molecule has 3 saturated heterocycles. The van der Waals surface area contributed by atoms with Crippen molar-refractivity contribution < 1.29 is 24.6 Å². The molecule has 2 unspecified atom stereocenters. The predicted molar refractivity (Wildman–Crippen MR) is 147 cm³/mol. The number of anilines is 2. The van der Waals surface area contributed by atoms with Crippen molar-refractivity contribution in [1.82, 2.24) is 4.90 Å². The Bertz CT molecular complexity index is 1040. The van der Waals surface area contributed by atoms with Crippen LogP contribution < -0.4 is 9.80 Å². The van der Waals surface area contributed by atoms with Crippen molar-refractivity contribution in [2.45, 2.75) is 62.0 Å². The molecule has 1 aromatic carbocycles. The molecule has 3 fully saturated rings. The highest BCUT2D eigenvalue weighted by Crippen LogP contribution is 2.71. The lowest BCUT2D eigenvalue weighted by Gasteiger charge is -2.37. The molecule has 37 heavy (non-hydrogen) atoms. The second-order valence-corrected chi connectivity index (χ2v) is 12.4. The Balaban J connectivity index is 1.73. The van der Waals surface area contributed by atoms with E-state index in [-0.39, 0.29) is 25.0 Å². The number of aliphatic hydroxyl groups excluding tert-OH is 1. The van der Waals surface area contributed by atoms with E-state index in [9.17, 15) is 24.6 Å². The number of hydrogen-bond acceptors (Lipinski definition) is 6. The number of aliphatic carboxylic acids is 1. The maximum Gasteiger partial charge on any atom is 0.308 e. The maximum atomic E-state index is 14.4. The highest BCUT2D eigenvalue weighted by Gasteiger charge is 2.77. The van der Waals surface area contributed by atoms with Crippen molar-refractivity contribution >= 4 is 40.9 Å². The van der Waals surface area contributed by atoms with Gasteiger partial charge in [0, 0.05) is 48.9 Å². The predicted octanol–water partition coefficient (Wildman–Crippen LogP) is 3.39. The Morgan fingerprint density at radius 2 is 1.81 bits per heavy atom. The maximum absolute atomic E-state index is 14.4. The summed E-state index contributed by atoms with van der Waals surface area (Å²) in [4.78, 5) is 46.2. The van der Waals surface area contributed by atoms with E-state index in [0.29, 0.717) is 32.2 Å². The average molecular weight is 530 g/mol. The third-order valence-corrected chi connectivity index (χ3v) is 10.4. The number of unbranched alkanes of at least 4 members (excludes halogenated alkanes) is 1. The first-order chi connectivity index (χ1) is 17.7. The van der Waals surface area contributed by atoms with E-state index < -0.39 is 33.3 Å². The number of carbonyl (C=O) groups is 3. The highest BCUT2D eigenvalue weighted by atomic mass is 32.2. The zero-order chi connectivity index (χ0) is 27.0. The van der Waals surface area contributed by atoms with Crippen molar-refractivity contribution in [2.75, 3.05) is 42.6 Å². The quantitative estimate of drug-likeness (QED) is 0.316. The summed E-state index contributed by atoms with van der Waals surface area (Å²) in [6.07, 6.45) is 4.03. The fraction of sp³-hybridized carbons (Fsp3) is 0.607. The third-order valence-electron chi connectivity index (χ3n) is 8.45. The Labute approximate surface area is 223 Å². The van der Waals surface area contributed by atoms with E-state index in [1.165, 1.54) is 0 Å². The van der Waals surface area contributed by atoms with Crippen LogP contribution in [0.25, 0.3) is 0 Å². The Kier molecular flexibility index (Phi) is 7.95. The number of rotatable bonds is 12. The SMILES string of the molecule is C=CCN(C(=O)C1N(CCCCO)C(=O)[C@@H]2[C@H](C(=O)O)[C@]3(C)CCC12S3)c1ccc(N(CC)CC)cc1. The minimum atomic E-state index is -0.965. The minimum Gasteiger partial charge on any atom is -0.481 e. The summed E-state index contributed by atoms with van der Waals surface area (Å²) in [5, 5.41) is 19.5. The van der Waals surface area contributed by atoms with Crippen molar-refractivity contribution in [3.8, 4) is 0 Å². The molecule has 8 nitrogen and oxygen atoms in total. The fourth-order valence-corrected chi connectivity index (χ4v) is 9.09. The standard InChI is InChI=1S/C28H39N3O5S/c1-5-16-30(20-12-10-19(11-13-20)29(6-2)7-3)25(34)23-28-15-14-27(4,37-28)22(26(35)36)21(28)24(33)31(23)17-8-9-18-32/h5,10-13,21-23,32H,1,6-9,14-18H2,2-4H3,(H,35,36)/t21-,22+,23?,27-,28?/m0/s1. The molecule has 2 amide bonds. The largest absolute Gasteiger partial charge is 0.481 e. The molecule has 4 rings (SSSR count). The van der Waals surface area contributed by atoms with Gasteiger partial charge in [-0.25, -0.2) is 0 Å². The van der Waals surface area contributed by atoms with Gasteiger partial charge in [0.25, 0.3) is 5.91 Å². The molecule has 0 aromatic heterocycles. The molecule has 2 N–H and O–H groups in total. The summed E-state index contributed by atoms with van der Waals surface area (Å²) in [5.74, 6) is -2.95. The third kappa shape index (κ3) is 4.44. The first-order valence-electron chi connectivity index (χ1n) is 13.3. The second-order valence-electron chi connectivity index (χ2n) is 10.5. The summed E-state index contributed by atoms with van der Waals surface area (Å²) in [6.45, 7) is 12.4. The number of carbonyl (C=O) groups excluding carboxylic acids is 2. The summed E-state index contributed by atoms with van der Waals surface area (Å²) in [6, 6.07) is 7.10. The van der Waals surface area contributed by atoms with Crippen LogP contribution >= 0.6 is 11.8 Å².